The van der Waals surface area contributed by atoms with Gasteiger partial charge in [-0.1, -0.05) is 0 Å². The Hall–Kier alpha value is -0.723. The van der Waals surface area contributed by atoms with Crippen LogP contribution in [0.4, 0.5) is 0 Å². The number of H-pyrrole nitrogens is 1. The molecule has 0 spiro atoms. The van der Waals surface area contributed by atoms with Crippen molar-refractivity contribution in [3.8, 4) is 0 Å². The van der Waals surface area contributed by atoms with E-state index in [1.54, 1.807) is 6.20 Å². The molecule has 48 valence electrons. The van der Waals surface area contributed by atoms with Crippen LogP contribution in [0.25, 0.3) is 0 Å². The second-order valence-corrected chi connectivity index (χ2v) is 1.58. The van der Waals surface area contributed by atoms with Crippen molar-refractivity contribution in [1.29, 1.82) is 0 Å². The second-order valence-electron chi connectivity index (χ2n) is 1.58. The molecule has 1 aromatic heterocycles. The van der Waals surface area contributed by atoms with Crippen LogP contribution >= 0.6 is 0 Å². The van der Waals surface area contributed by atoms with Crippen molar-refractivity contribution in [2.75, 3.05) is 0 Å². The summed E-state index contributed by atoms with van der Waals surface area (Å²) < 4.78 is 0. The van der Waals surface area contributed by atoms with Crippen molar-refractivity contribution in [2.24, 2.45) is 0 Å². The maximum atomic E-state index is 9.90. The Morgan fingerprint density at radius 2 is 2.50 bits per heavy atom. The fourth-order valence-electron chi connectivity index (χ4n) is 0.531. The maximum Gasteiger partial charge on any atom is 1.00 e. The van der Waals surface area contributed by atoms with Gasteiger partial charge in [-0.2, -0.15) is 0 Å². The SMILES string of the molecule is O=C([O-])Cc1ncc[nH]1.[Li+]. The molecule has 0 atom stereocenters. The van der Waals surface area contributed by atoms with E-state index in [2.05, 4.69) is 9.97 Å². The number of rotatable bonds is 2. The summed E-state index contributed by atoms with van der Waals surface area (Å²) in [6.45, 7) is 0. The number of hydrogen-bond acceptors (Lipinski definition) is 3. The number of nitrogens with one attached hydrogen (secondary N) is 1. The van der Waals surface area contributed by atoms with E-state index in [1.165, 1.54) is 6.20 Å². The molecule has 0 aliphatic heterocycles. The Labute approximate surface area is 69.8 Å². The Morgan fingerprint density at radius 3 is 2.90 bits per heavy atom. The van der Waals surface area contributed by atoms with Crippen molar-refractivity contribution >= 4 is 5.97 Å². The molecule has 0 fully saturated rings. The number of aromatic amines is 1. The average molecular weight is 132 g/mol. The first-order valence-corrected chi connectivity index (χ1v) is 2.47. The van der Waals surface area contributed by atoms with Crippen LogP contribution in [0.1, 0.15) is 5.82 Å². The van der Waals surface area contributed by atoms with Gasteiger partial charge in [0.05, 0.1) is 0 Å². The summed E-state index contributed by atoms with van der Waals surface area (Å²) in [6.07, 6.45) is 2.92. The van der Waals surface area contributed by atoms with E-state index < -0.39 is 5.97 Å². The maximum absolute atomic E-state index is 9.90. The summed E-state index contributed by atoms with van der Waals surface area (Å²) in [4.78, 5) is 16.2. The molecule has 0 bridgehead atoms. The molecule has 1 heterocycles. The van der Waals surface area contributed by atoms with Crippen molar-refractivity contribution < 1.29 is 28.8 Å². The number of aliphatic carboxylic acids is 1. The van der Waals surface area contributed by atoms with Gasteiger partial charge in [-0.25, -0.2) is 4.98 Å². The van der Waals surface area contributed by atoms with Crippen LogP contribution in [0.2, 0.25) is 0 Å². The minimum atomic E-state index is -1.12. The molecule has 0 radical (unpaired) electrons. The number of carbonyl (C=O) groups excluding carboxylic acids is 1. The third kappa shape index (κ3) is 2.71. The van der Waals surface area contributed by atoms with Gasteiger partial charge in [-0.3, -0.25) is 0 Å². The molecule has 1 aromatic rings. The molecule has 0 aliphatic carbocycles. The van der Waals surface area contributed by atoms with Crippen molar-refractivity contribution in [2.45, 2.75) is 6.42 Å². The van der Waals surface area contributed by atoms with Gasteiger partial charge >= 0.3 is 18.9 Å². The molecular formula is C5H5LiN2O2. The minimum Gasteiger partial charge on any atom is -0.550 e. The topological polar surface area (TPSA) is 68.8 Å². The van der Waals surface area contributed by atoms with E-state index >= 15 is 0 Å². The number of aromatic nitrogens is 2. The van der Waals surface area contributed by atoms with Gasteiger partial charge in [0.15, 0.2) is 0 Å². The van der Waals surface area contributed by atoms with Crippen LogP contribution in [0, 0.1) is 0 Å². The van der Waals surface area contributed by atoms with Gasteiger partial charge in [-0.15, -0.1) is 0 Å². The fourth-order valence-corrected chi connectivity index (χ4v) is 0.531. The zero-order valence-corrected chi connectivity index (χ0v) is 5.63. The van der Waals surface area contributed by atoms with Gasteiger partial charge in [0.2, 0.25) is 0 Å². The molecule has 0 unspecified atom stereocenters. The first kappa shape index (κ1) is 9.28. The summed E-state index contributed by atoms with van der Waals surface area (Å²) in [6, 6.07) is 0. The summed E-state index contributed by atoms with van der Waals surface area (Å²) in [5.74, 6) is -0.694. The van der Waals surface area contributed by atoms with E-state index in [4.69, 9.17) is 0 Å². The summed E-state index contributed by atoms with van der Waals surface area (Å²) in [5, 5.41) is 9.90. The number of nitrogens with zero attached hydrogens (tertiary/aromatic N) is 1. The van der Waals surface area contributed by atoms with E-state index in [0.717, 1.165) is 0 Å². The van der Waals surface area contributed by atoms with Crippen LogP contribution < -0.4 is 24.0 Å². The molecule has 5 heteroatoms. The summed E-state index contributed by atoms with van der Waals surface area (Å²) >= 11 is 0. The molecule has 1 N–H and O–H groups in total. The number of imidazole rings is 1. The average Bonchev–Trinajstić information content (AvgIpc) is 2.15. The van der Waals surface area contributed by atoms with Crippen molar-refractivity contribution in [3.63, 3.8) is 0 Å². The zero-order chi connectivity index (χ0) is 6.69. The van der Waals surface area contributed by atoms with Crippen LogP contribution in [-0.4, -0.2) is 15.9 Å². The van der Waals surface area contributed by atoms with E-state index in [0.29, 0.717) is 5.82 Å². The molecule has 4 nitrogen and oxygen atoms in total. The number of carboxylic acid groups (broad SMARTS) is 1. The fraction of sp³-hybridized carbons (Fsp3) is 0.200. The van der Waals surface area contributed by atoms with Gasteiger partial charge < -0.3 is 14.9 Å². The number of hydrogen-bond donors (Lipinski definition) is 1. The van der Waals surface area contributed by atoms with Gasteiger partial charge in [0.1, 0.15) is 5.82 Å². The molecule has 0 saturated carbocycles. The molecule has 0 saturated heterocycles. The molecule has 0 amide bonds. The number of carbonyl (C=O) groups is 1. The normalized spacial score (nSPS) is 8.40. The Kier molecular flexibility index (Phi) is 3.85. The third-order valence-corrected chi connectivity index (χ3v) is 0.867. The van der Waals surface area contributed by atoms with Gasteiger partial charge in [0.25, 0.3) is 0 Å². The molecule has 0 aliphatic rings. The Bertz CT molecular complexity index is 197. The first-order valence-electron chi connectivity index (χ1n) is 2.47. The van der Waals surface area contributed by atoms with Crippen LogP contribution in [0.15, 0.2) is 12.4 Å². The van der Waals surface area contributed by atoms with Gasteiger partial charge in [-0.05, 0) is 0 Å². The quantitative estimate of drug-likeness (QED) is 0.414. The third-order valence-electron chi connectivity index (χ3n) is 0.867. The monoisotopic (exact) mass is 132 g/mol. The van der Waals surface area contributed by atoms with Crippen LogP contribution in [0.5, 0.6) is 0 Å². The van der Waals surface area contributed by atoms with Gasteiger partial charge in [0, 0.05) is 24.8 Å². The minimum absolute atomic E-state index is 0. The molecule has 0 aromatic carbocycles. The van der Waals surface area contributed by atoms with Crippen molar-refractivity contribution in [3.05, 3.63) is 18.2 Å². The van der Waals surface area contributed by atoms with Crippen LogP contribution in [0.3, 0.4) is 0 Å². The summed E-state index contributed by atoms with van der Waals surface area (Å²) in [5.41, 5.74) is 0. The van der Waals surface area contributed by atoms with E-state index in [1.807, 2.05) is 0 Å². The zero-order valence-electron chi connectivity index (χ0n) is 5.63. The van der Waals surface area contributed by atoms with E-state index in [-0.39, 0.29) is 25.3 Å². The van der Waals surface area contributed by atoms with Crippen LogP contribution in [-0.2, 0) is 11.2 Å². The van der Waals surface area contributed by atoms with Crippen molar-refractivity contribution in [1.82, 2.24) is 9.97 Å². The molecule has 1 rings (SSSR count). The number of carboxylic acids is 1. The smallest absolute Gasteiger partial charge is 0.550 e. The largest absolute Gasteiger partial charge is 1.00 e. The standard InChI is InChI=1S/C5H6N2O2.Li/c8-5(9)3-4-6-1-2-7-4;/h1-2H,3H2,(H,6,7)(H,8,9);/q;+1/p-1. The Morgan fingerprint density at radius 1 is 1.80 bits per heavy atom. The van der Waals surface area contributed by atoms with E-state index in [9.17, 15) is 9.90 Å². The predicted octanol–water partition coefficient (Wildman–Crippen LogP) is -4.29. The molecule has 10 heavy (non-hydrogen) atoms. The summed E-state index contributed by atoms with van der Waals surface area (Å²) in [7, 11) is 0. The second kappa shape index (κ2) is 4.15. The Balaban J connectivity index is 0.000000810. The first-order chi connectivity index (χ1) is 4.29. The molecular weight excluding hydrogens is 127 g/mol. The predicted molar refractivity (Wildman–Crippen MR) is 27.3 cm³/mol.